The van der Waals surface area contributed by atoms with Crippen molar-refractivity contribution in [3.8, 4) is 5.75 Å². The molecular weight excluding hydrogens is 314 g/mol. The molecular formula is C20H27N3O2. The number of benzene rings is 1. The lowest BCUT2D eigenvalue weighted by molar-refractivity contribution is 0.0711. The number of hydrogen-bond donors (Lipinski definition) is 0. The molecule has 0 saturated carbocycles. The number of nitrogens with zero attached hydrogens (tertiary/aromatic N) is 3. The highest BCUT2D eigenvalue weighted by Crippen LogP contribution is 2.34. The van der Waals surface area contributed by atoms with Gasteiger partial charge in [-0.15, -0.1) is 0 Å². The second-order valence-corrected chi connectivity index (χ2v) is 6.68. The van der Waals surface area contributed by atoms with Gasteiger partial charge in [-0.25, -0.2) is 0 Å². The molecule has 0 atom stereocenters. The van der Waals surface area contributed by atoms with E-state index in [9.17, 15) is 4.79 Å². The van der Waals surface area contributed by atoms with Crippen LogP contribution >= 0.6 is 0 Å². The molecule has 1 aromatic carbocycles. The van der Waals surface area contributed by atoms with E-state index in [1.807, 2.05) is 28.6 Å². The zero-order valence-electron chi connectivity index (χ0n) is 15.4. The topological polar surface area (TPSA) is 47.4 Å². The lowest BCUT2D eigenvalue weighted by Gasteiger charge is -2.32. The smallest absolute Gasteiger partial charge is 0.257 e. The van der Waals surface area contributed by atoms with Gasteiger partial charge in [-0.3, -0.25) is 9.48 Å². The van der Waals surface area contributed by atoms with Gasteiger partial charge in [0, 0.05) is 25.3 Å². The Kier molecular flexibility index (Phi) is 5.41. The van der Waals surface area contributed by atoms with Crippen LogP contribution in [0.5, 0.6) is 5.75 Å². The van der Waals surface area contributed by atoms with Crippen LogP contribution in [0.4, 0.5) is 0 Å². The second-order valence-electron chi connectivity index (χ2n) is 6.68. The number of ether oxygens (including phenoxy) is 1. The summed E-state index contributed by atoms with van der Waals surface area (Å²) in [5.74, 6) is 1.51. The third-order valence-electron chi connectivity index (χ3n) is 5.13. The van der Waals surface area contributed by atoms with Gasteiger partial charge in [0.05, 0.1) is 18.9 Å². The summed E-state index contributed by atoms with van der Waals surface area (Å²) >= 11 is 0. The average Bonchev–Trinajstić information content (AvgIpc) is 3.02. The lowest BCUT2D eigenvalue weighted by Crippen LogP contribution is -2.38. The van der Waals surface area contributed by atoms with E-state index in [1.54, 1.807) is 13.3 Å². The molecule has 2 heterocycles. The minimum Gasteiger partial charge on any atom is -0.496 e. The predicted molar refractivity (Wildman–Crippen MR) is 98.1 cm³/mol. The predicted octanol–water partition coefficient (Wildman–Crippen LogP) is 3.63. The Morgan fingerprint density at radius 3 is 2.68 bits per heavy atom. The number of hydrogen-bond acceptors (Lipinski definition) is 3. The van der Waals surface area contributed by atoms with Crippen molar-refractivity contribution in [2.75, 3.05) is 20.2 Å². The first kappa shape index (κ1) is 17.5. The molecule has 1 fully saturated rings. The summed E-state index contributed by atoms with van der Waals surface area (Å²) in [4.78, 5) is 14.8. The van der Waals surface area contributed by atoms with Crippen LogP contribution in [0, 0.1) is 6.92 Å². The van der Waals surface area contributed by atoms with Gasteiger partial charge in [0.2, 0.25) is 0 Å². The first-order chi connectivity index (χ1) is 12.2. The van der Waals surface area contributed by atoms with Gasteiger partial charge in [0.15, 0.2) is 0 Å². The fourth-order valence-corrected chi connectivity index (χ4v) is 3.66. The molecule has 0 aliphatic carbocycles. The molecule has 3 rings (SSSR count). The second kappa shape index (κ2) is 7.72. The summed E-state index contributed by atoms with van der Waals surface area (Å²) in [7, 11) is 1.72. The lowest BCUT2D eigenvalue weighted by atomic mass is 9.88. The average molecular weight is 341 g/mol. The van der Waals surface area contributed by atoms with Crippen molar-refractivity contribution in [3.05, 3.63) is 47.3 Å². The van der Waals surface area contributed by atoms with Crippen molar-refractivity contribution in [1.29, 1.82) is 0 Å². The summed E-state index contributed by atoms with van der Waals surface area (Å²) in [6.45, 7) is 6.51. The number of para-hydroxylation sites is 1. The number of aryl methyl sites for hydroxylation is 1. The molecule has 1 aliphatic rings. The molecule has 134 valence electrons. The van der Waals surface area contributed by atoms with Gasteiger partial charge < -0.3 is 9.64 Å². The summed E-state index contributed by atoms with van der Waals surface area (Å²) in [5.41, 5.74) is 2.96. The van der Waals surface area contributed by atoms with Gasteiger partial charge in [-0.05, 0) is 43.7 Å². The SMILES string of the molecule is CCCn1ncc(C(=O)N2CCC(c3ccccc3OC)CC2)c1C. The van der Waals surface area contributed by atoms with Crippen molar-refractivity contribution >= 4 is 5.91 Å². The molecule has 0 spiro atoms. The molecule has 1 aliphatic heterocycles. The van der Waals surface area contributed by atoms with Gasteiger partial charge in [0.1, 0.15) is 5.75 Å². The minimum atomic E-state index is 0.110. The Hall–Kier alpha value is -2.30. The zero-order valence-corrected chi connectivity index (χ0v) is 15.4. The van der Waals surface area contributed by atoms with E-state index in [0.717, 1.165) is 55.9 Å². The van der Waals surface area contributed by atoms with Crippen LogP contribution in [0.2, 0.25) is 0 Å². The van der Waals surface area contributed by atoms with E-state index in [2.05, 4.69) is 24.2 Å². The van der Waals surface area contributed by atoms with E-state index < -0.39 is 0 Å². The monoisotopic (exact) mass is 341 g/mol. The molecule has 1 aromatic heterocycles. The van der Waals surface area contributed by atoms with Crippen molar-refractivity contribution in [2.45, 2.75) is 45.6 Å². The van der Waals surface area contributed by atoms with Crippen LogP contribution < -0.4 is 4.74 Å². The number of methoxy groups -OCH3 is 1. The standard InChI is InChI=1S/C20H27N3O2/c1-4-11-23-15(2)18(14-21-23)20(24)22-12-9-16(10-13-22)17-7-5-6-8-19(17)25-3/h5-8,14,16H,4,9-13H2,1-3H3. The van der Waals surface area contributed by atoms with Crippen molar-refractivity contribution in [1.82, 2.24) is 14.7 Å². The van der Waals surface area contributed by atoms with Crippen LogP contribution in [0.3, 0.4) is 0 Å². The highest BCUT2D eigenvalue weighted by atomic mass is 16.5. The Morgan fingerprint density at radius 1 is 1.28 bits per heavy atom. The number of likely N-dealkylation sites (tertiary alicyclic amines) is 1. The molecule has 0 bridgehead atoms. The number of carbonyl (C=O) groups excluding carboxylic acids is 1. The van der Waals surface area contributed by atoms with Crippen LogP contribution in [-0.2, 0) is 6.54 Å². The number of amides is 1. The highest BCUT2D eigenvalue weighted by molar-refractivity contribution is 5.95. The molecule has 0 radical (unpaired) electrons. The highest BCUT2D eigenvalue weighted by Gasteiger charge is 2.27. The maximum absolute atomic E-state index is 12.9. The Labute approximate surface area is 149 Å². The molecule has 1 amide bonds. The molecule has 5 nitrogen and oxygen atoms in total. The van der Waals surface area contributed by atoms with Crippen LogP contribution in [0.25, 0.3) is 0 Å². The molecule has 0 unspecified atom stereocenters. The van der Waals surface area contributed by atoms with Gasteiger partial charge in [-0.1, -0.05) is 25.1 Å². The fourth-order valence-electron chi connectivity index (χ4n) is 3.66. The van der Waals surface area contributed by atoms with Crippen molar-refractivity contribution in [3.63, 3.8) is 0 Å². The summed E-state index contributed by atoms with van der Waals surface area (Å²) < 4.78 is 7.42. The molecule has 1 saturated heterocycles. The summed E-state index contributed by atoms with van der Waals surface area (Å²) in [6, 6.07) is 8.21. The first-order valence-electron chi connectivity index (χ1n) is 9.10. The number of piperidine rings is 1. The van der Waals surface area contributed by atoms with Gasteiger partial charge in [0.25, 0.3) is 5.91 Å². The number of carbonyl (C=O) groups is 1. The Morgan fingerprint density at radius 2 is 2.00 bits per heavy atom. The number of rotatable bonds is 5. The van der Waals surface area contributed by atoms with Gasteiger partial charge in [-0.2, -0.15) is 5.10 Å². The maximum Gasteiger partial charge on any atom is 0.257 e. The summed E-state index contributed by atoms with van der Waals surface area (Å²) in [6.07, 6.45) is 4.67. The van der Waals surface area contributed by atoms with Crippen molar-refractivity contribution in [2.24, 2.45) is 0 Å². The molecule has 25 heavy (non-hydrogen) atoms. The van der Waals surface area contributed by atoms with E-state index in [1.165, 1.54) is 5.56 Å². The summed E-state index contributed by atoms with van der Waals surface area (Å²) in [5, 5.41) is 4.36. The third-order valence-corrected chi connectivity index (χ3v) is 5.13. The quantitative estimate of drug-likeness (QED) is 0.834. The minimum absolute atomic E-state index is 0.110. The van der Waals surface area contributed by atoms with E-state index in [0.29, 0.717) is 5.92 Å². The fraction of sp³-hybridized carbons (Fsp3) is 0.500. The van der Waals surface area contributed by atoms with Crippen LogP contribution in [0.1, 0.15) is 53.7 Å². The molecule has 2 aromatic rings. The molecule has 0 N–H and O–H groups in total. The van der Waals surface area contributed by atoms with Gasteiger partial charge >= 0.3 is 0 Å². The van der Waals surface area contributed by atoms with Crippen LogP contribution in [0.15, 0.2) is 30.5 Å². The zero-order chi connectivity index (χ0) is 17.8. The van der Waals surface area contributed by atoms with E-state index in [4.69, 9.17) is 4.74 Å². The largest absolute Gasteiger partial charge is 0.496 e. The Balaban J connectivity index is 1.67. The number of aromatic nitrogens is 2. The Bertz CT molecular complexity index is 730. The third kappa shape index (κ3) is 3.55. The normalized spacial score (nSPS) is 15.4. The van der Waals surface area contributed by atoms with Crippen LogP contribution in [-0.4, -0.2) is 40.8 Å². The molecule has 5 heteroatoms. The maximum atomic E-state index is 12.9. The first-order valence-corrected chi connectivity index (χ1v) is 9.10. The van der Waals surface area contributed by atoms with E-state index >= 15 is 0 Å². The van der Waals surface area contributed by atoms with Crippen molar-refractivity contribution < 1.29 is 9.53 Å². The van der Waals surface area contributed by atoms with E-state index in [-0.39, 0.29) is 5.91 Å².